The van der Waals surface area contributed by atoms with Crippen molar-refractivity contribution < 1.29 is 9.18 Å². The van der Waals surface area contributed by atoms with E-state index in [0.717, 1.165) is 6.54 Å². The number of hydrogen-bond donors (Lipinski definition) is 0. The molecule has 0 aliphatic rings. The summed E-state index contributed by atoms with van der Waals surface area (Å²) in [4.78, 5) is 14.3. The van der Waals surface area contributed by atoms with Crippen molar-refractivity contribution in [3.63, 3.8) is 0 Å². The van der Waals surface area contributed by atoms with Gasteiger partial charge in [-0.3, -0.25) is 9.69 Å². The van der Waals surface area contributed by atoms with Gasteiger partial charge in [0.25, 0.3) is 0 Å². The summed E-state index contributed by atoms with van der Waals surface area (Å²) in [5.74, 6) is -0.288. The molecule has 0 aromatic heterocycles. The van der Waals surface area contributed by atoms with Gasteiger partial charge in [-0.2, -0.15) is 0 Å². The summed E-state index contributed by atoms with van der Waals surface area (Å²) in [6.45, 7) is 9.13. The van der Waals surface area contributed by atoms with Crippen LogP contribution in [-0.2, 0) is 0 Å². The van der Waals surface area contributed by atoms with E-state index in [1.807, 2.05) is 18.9 Å². The molecule has 0 aliphatic heterocycles. The predicted molar refractivity (Wildman–Crippen MR) is 72.3 cm³/mol. The number of ketones is 1. The van der Waals surface area contributed by atoms with Gasteiger partial charge in [-0.25, -0.2) is 4.39 Å². The number of benzene rings is 1. The Bertz CT molecular complexity index is 405. The van der Waals surface area contributed by atoms with Gasteiger partial charge in [0.2, 0.25) is 0 Å². The summed E-state index contributed by atoms with van der Waals surface area (Å²) in [5, 5.41) is 0. The van der Waals surface area contributed by atoms with Gasteiger partial charge in [-0.05, 0) is 43.7 Å². The van der Waals surface area contributed by atoms with Gasteiger partial charge in [0, 0.05) is 12.1 Å². The zero-order chi connectivity index (χ0) is 13.9. The fourth-order valence-electron chi connectivity index (χ4n) is 1.94. The highest BCUT2D eigenvalue weighted by Gasteiger charge is 2.23. The van der Waals surface area contributed by atoms with Crippen LogP contribution in [0, 0.1) is 11.2 Å². The summed E-state index contributed by atoms with van der Waals surface area (Å²) >= 11 is 0. The van der Waals surface area contributed by atoms with E-state index in [1.165, 1.54) is 12.1 Å². The van der Waals surface area contributed by atoms with Crippen molar-refractivity contribution >= 4 is 5.78 Å². The third kappa shape index (κ3) is 4.22. The Balaban J connectivity index is 2.75. The third-order valence-corrected chi connectivity index (χ3v) is 2.89. The lowest BCUT2D eigenvalue weighted by molar-refractivity contribution is 0.0831. The molecule has 1 aromatic rings. The maximum absolute atomic E-state index is 12.8. The van der Waals surface area contributed by atoms with Crippen LogP contribution in [0.4, 0.5) is 4.39 Å². The van der Waals surface area contributed by atoms with Crippen molar-refractivity contribution in [2.75, 3.05) is 13.6 Å². The minimum atomic E-state index is -0.317. The highest BCUT2D eigenvalue weighted by atomic mass is 19.1. The molecule has 1 unspecified atom stereocenters. The topological polar surface area (TPSA) is 20.3 Å². The van der Waals surface area contributed by atoms with E-state index >= 15 is 0 Å². The average Bonchev–Trinajstić information content (AvgIpc) is 2.26. The van der Waals surface area contributed by atoms with Crippen LogP contribution >= 0.6 is 0 Å². The van der Waals surface area contributed by atoms with Gasteiger partial charge in [-0.1, -0.05) is 20.8 Å². The summed E-state index contributed by atoms with van der Waals surface area (Å²) in [6, 6.07) is 5.53. The van der Waals surface area contributed by atoms with Gasteiger partial charge < -0.3 is 0 Å². The van der Waals surface area contributed by atoms with Crippen LogP contribution in [0.15, 0.2) is 24.3 Å². The number of hydrogen-bond acceptors (Lipinski definition) is 2. The molecule has 0 N–H and O–H groups in total. The standard InChI is InChI=1S/C15H22FNO/c1-11(17(5)10-15(2,3)4)14(18)12-6-8-13(16)9-7-12/h6-9,11H,10H2,1-5H3. The minimum Gasteiger partial charge on any atom is -0.296 e. The van der Waals surface area contributed by atoms with Crippen LogP contribution < -0.4 is 0 Å². The number of carbonyl (C=O) groups is 1. The Kier molecular flexibility index (Phi) is 4.63. The second-order valence-corrected chi connectivity index (χ2v) is 6.02. The van der Waals surface area contributed by atoms with Crippen LogP contribution in [0.1, 0.15) is 38.1 Å². The monoisotopic (exact) mass is 251 g/mol. The van der Waals surface area contributed by atoms with Gasteiger partial charge in [-0.15, -0.1) is 0 Å². The van der Waals surface area contributed by atoms with Gasteiger partial charge >= 0.3 is 0 Å². The van der Waals surface area contributed by atoms with E-state index in [-0.39, 0.29) is 23.1 Å². The van der Waals surface area contributed by atoms with E-state index in [1.54, 1.807) is 12.1 Å². The summed E-state index contributed by atoms with van der Waals surface area (Å²) in [7, 11) is 1.94. The minimum absolute atomic E-state index is 0.0294. The molecule has 100 valence electrons. The molecule has 2 nitrogen and oxygen atoms in total. The molecule has 1 aromatic carbocycles. The number of rotatable bonds is 4. The first-order valence-electron chi connectivity index (χ1n) is 6.21. The number of nitrogens with zero attached hydrogens (tertiary/aromatic N) is 1. The number of likely N-dealkylation sites (N-methyl/N-ethyl adjacent to an activating group) is 1. The van der Waals surface area contributed by atoms with Crippen LogP contribution in [0.2, 0.25) is 0 Å². The van der Waals surface area contributed by atoms with E-state index in [9.17, 15) is 9.18 Å². The van der Waals surface area contributed by atoms with Crippen molar-refractivity contribution in [2.24, 2.45) is 5.41 Å². The quantitative estimate of drug-likeness (QED) is 0.765. The Morgan fingerprint density at radius 1 is 1.28 bits per heavy atom. The van der Waals surface area contributed by atoms with Crippen LogP contribution in [-0.4, -0.2) is 30.3 Å². The van der Waals surface area contributed by atoms with Crippen LogP contribution in [0.25, 0.3) is 0 Å². The van der Waals surface area contributed by atoms with E-state index in [2.05, 4.69) is 20.8 Å². The smallest absolute Gasteiger partial charge is 0.179 e. The Hall–Kier alpha value is -1.22. The molecule has 3 heteroatoms. The second kappa shape index (κ2) is 5.61. The molecule has 0 heterocycles. The van der Waals surface area contributed by atoms with Crippen LogP contribution in [0.3, 0.4) is 0 Å². The van der Waals surface area contributed by atoms with Crippen molar-refractivity contribution in [2.45, 2.75) is 33.7 Å². The van der Waals surface area contributed by atoms with E-state index in [0.29, 0.717) is 5.56 Å². The molecule has 0 amide bonds. The predicted octanol–water partition coefficient (Wildman–Crippen LogP) is 3.37. The van der Waals surface area contributed by atoms with Gasteiger partial charge in [0.1, 0.15) is 5.82 Å². The Morgan fingerprint density at radius 3 is 2.22 bits per heavy atom. The summed E-state index contributed by atoms with van der Waals surface area (Å²) in [6.07, 6.45) is 0. The molecule has 0 fully saturated rings. The van der Waals surface area contributed by atoms with Crippen LogP contribution in [0.5, 0.6) is 0 Å². The SMILES string of the molecule is CC(C(=O)c1ccc(F)cc1)N(C)CC(C)(C)C. The average molecular weight is 251 g/mol. The highest BCUT2D eigenvalue weighted by Crippen LogP contribution is 2.17. The molecule has 0 saturated carbocycles. The largest absolute Gasteiger partial charge is 0.296 e. The first-order valence-corrected chi connectivity index (χ1v) is 6.21. The molecule has 0 aliphatic carbocycles. The molecular weight excluding hydrogens is 229 g/mol. The molecule has 1 rings (SSSR count). The van der Waals surface area contributed by atoms with E-state index in [4.69, 9.17) is 0 Å². The van der Waals surface area contributed by atoms with Gasteiger partial charge in [0.15, 0.2) is 5.78 Å². The third-order valence-electron chi connectivity index (χ3n) is 2.89. The molecule has 0 radical (unpaired) electrons. The first-order chi connectivity index (χ1) is 8.20. The second-order valence-electron chi connectivity index (χ2n) is 6.02. The molecule has 0 saturated heterocycles. The molecule has 0 spiro atoms. The lowest BCUT2D eigenvalue weighted by Gasteiger charge is -2.30. The number of Topliss-reactive ketones (excluding diaryl/α,β-unsaturated/α-hetero) is 1. The summed E-state index contributed by atoms with van der Waals surface area (Å²) in [5.41, 5.74) is 0.705. The zero-order valence-electron chi connectivity index (χ0n) is 11.8. The maximum Gasteiger partial charge on any atom is 0.179 e. The highest BCUT2D eigenvalue weighted by molar-refractivity contribution is 5.99. The van der Waals surface area contributed by atoms with Crippen molar-refractivity contribution in [1.82, 2.24) is 4.90 Å². The normalized spacial score (nSPS) is 13.7. The molecular formula is C15H22FNO. The number of carbonyl (C=O) groups excluding carboxylic acids is 1. The van der Waals surface area contributed by atoms with Gasteiger partial charge in [0.05, 0.1) is 6.04 Å². The maximum atomic E-state index is 12.8. The molecule has 1 atom stereocenters. The number of halogens is 1. The van der Waals surface area contributed by atoms with Crippen molar-refractivity contribution in [3.8, 4) is 0 Å². The fourth-order valence-corrected chi connectivity index (χ4v) is 1.94. The summed E-state index contributed by atoms with van der Waals surface area (Å²) < 4.78 is 12.8. The Labute approximate surface area is 109 Å². The van der Waals surface area contributed by atoms with Crippen molar-refractivity contribution in [3.05, 3.63) is 35.6 Å². The Morgan fingerprint density at radius 2 is 1.78 bits per heavy atom. The molecule has 18 heavy (non-hydrogen) atoms. The zero-order valence-corrected chi connectivity index (χ0v) is 11.8. The first kappa shape index (κ1) is 14.8. The van der Waals surface area contributed by atoms with E-state index < -0.39 is 0 Å². The lowest BCUT2D eigenvalue weighted by Crippen LogP contribution is -2.40. The fraction of sp³-hybridized carbons (Fsp3) is 0.533. The van der Waals surface area contributed by atoms with Crippen molar-refractivity contribution in [1.29, 1.82) is 0 Å². The lowest BCUT2D eigenvalue weighted by atomic mass is 9.94. The molecule has 0 bridgehead atoms.